The van der Waals surface area contributed by atoms with Crippen LogP contribution in [0.5, 0.6) is 0 Å². The minimum absolute atomic E-state index is 0. The average Bonchev–Trinajstić information content (AvgIpc) is 2.72. The largest absolute Gasteiger partial charge is 1.00 e. The third-order valence-electron chi connectivity index (χ3n) is 2.06. The first-order valence-corrected chi connectivity index (χ1v) is 6.96. The topological polar surface area (TPSA) is 9.23 Å². The van der Waals surface area contributed by atoms with E-state index < -0.39 is 23.7 Å². The van der Waals surface area contributed by atoms with Crippen molar-refractivity contribution in [3.05, 3.63) is 57.4 Å². The van der Waals surface area contributed by atoms with Crippen LogP contribution in [0.15, 0.2) is 51.8 Å². The van der Waals surface area contributed by atoms with Gasteiger partial charge in [0.1, 0.15) is 0 Å². The third-order valence-corrected chi connectivity index (χ3v) is 4.32. The van der Waals surface area contributed by atoms with Crippen LogP contribution in [0.4, 0.5) is 0 Å². The Morgan fingerprint density at radius 2 is 1.88 bits per heavy atom. The third kappa shape index (κ3) is 5.45. The molecule has 0 spiro atoms. The summed E-state index contributed by atoms with van der Waals surface area (Å²) in [6.45, 7) is 0.782. The zero-order valence-electron chi connectivity index (χ0n) is 8.70. The molecular weight excluding hydrogens is 322 g/mol. The van der Waals surface area contributed by atoms with Gasteiger partial charge in [-0.3, -0.25) is 0 Å². The van der Waals surface area contributed by atoms with Crippen LogP contribution in [0, 0.1) is 0 Å². The van der Waals surface area contributed by atoms with Gasteiger partial charge in [0.2, 0.25) is 0 Å². The molecule has 84 valence electrons. The summed E-state index contributed by atoms with van der Waals surface area (Å²) in [5.41, 5.74) is 1.28. The standard InChI is InChI=1S/C7H7O.C5H5.2ClH.Zr/c8-6-7-4-2-1-3-5-7;1-2-4-5-3-1;;;/h1-5H,6H2;1-3H,4H2;2*1H;/q-1;;;;+3/p-2. The molecule has 1 aliphatic carbocycles. The maximum absolute atomic E-state index is 5.77. The van der Waals surface area contributed by atoms with E-state index in [9.17, 15) is 0 Å². The average molecular weight is 334 g/mol. The molecule has 0 aromatic heterocycles. The first-order chi connectivity index (χ1) is 6.95. The van der Waals surface area contributed by atoms with Crippen LogP contribution in [-0.4, -0.2) is 0 Å². The monoisotopic (exact) mass is 332 g/mol. The Hall–Kier alpha value is 0.123. The molecule has 0 heterocycles. The van der Waals surface area contributed by atoms with Crippen molar-refractivity contribution in [1.82, 2.24) is 0 Å². The summed E-state index contributed by atoms with van der Waals surface area (Å²) in [4.78, 5) is 0. The quantitative estimate of drug-likeness (QED) is 0.572. The normalized spacial score (nSPS) is 12.1. The van der Waals surface area contributed by atoms with E-state index in [0.717, 1.165) is 13.0 Å². The van der Waals surface area contributed by atoms with Crippen molar-refractivity contribution < 1.29 is 51.3 Å². The molecule has 0 saturated carbocycles. The maximum Gasteiger partial charge on any atom is -1.00 e. The number of rotatable bonds is 4. The Morgan fingerprint density at radius 1 is 1.12 bits per heavy atom. The molecule has 2 rings (SSSR count). The molecular formula is C12H12Cl2OZr. The first-order valence-electron chi connectivity index (χ1n) is 4.72. The van der Waals surface area contributed by atoms with Gasteiger partial charge < -0.3 is 24.8 Å². The summed E-state index contributed by atoms with van der Waals surface area (Å²) in [7, 11) is 0. The van der Waals surface area contributed by atoms with Gasteiger partial charge in [-0.1, -0.05) is 0 Å². The van der Waals surface area contributed by atoms with E-state index in [4.69, 9.17) is 2.81 Å². The Morgan fingerprint density at radius 3 is 2.50 bits per heavy atom. The van der Waals surface area contributed by atoms with Gasteiger partial charge in [-0.2, -0.15) is 0 Å². The SMILES string of the molecule is C1=CC[C]([Zr+2][O]Cc2ccccc2)=C1.[Cl-].[Cl-]. The number of hydrogen-bond acceptors (Lipinski definition) is 1. The van der Waals surface area contributed by atoms with Gasteiger partial charge >= 0.3 is 96.9 Å². The van der Waals surface area contributed by atoms with Crippen LogP contribution in [0.2, 0.25) is 0 Å². The van der Waals surface area contributed by atoms with Crippen LogP contribution >= 0.6 is 0 Å². The molecule has 1 aromatic carbocycles. The molecule has 4 heteroatoms. The van der Waals surface area contributed by atoms with Crippen molar-refractivity contribution in [1.29, 1.82) is 0 Å². The van der Waals surface area contributed by atoms with Crippen LogP contribution in [0.25, 0.3) is 0 Å². The van der Waals surface area contributed by atoms with E-state index in [-0.39, 0.29) is 24.8 Å². The predicted octanol–water partition coefficient (Wildman–Crippen LogP) is -2.95. The summed E-state index contributed by atoms with van der Waals surface area (Å²) in [6.07, 6.45) is 7.65. The maximum atomic E-state index is 5.77. The predicted molar refractivity (Wildman–Crippen MR) is 53.1 cm³/mol. The van der Waals surface area contributed by atoms with E-state index >= 15 is 0 Å². The Labute approximate surface area is 121 Å². The fraction of sp³-hybridized carbons (Fsp3) is 0.167. The van der Waals surface area contributed by atoms with Crippen LogP contribution in [-0.2, 0) is 33.1 Å². The molecule has 1 nitrogen and oxygen atoms in total. The molecule has 0 unspecified atom stereocenters. The van der Waals surface area contributed by atoms with E-state index in [2.05, 4.69) is 42.5 Å². The van der Waals surface area contributed by atoms with Gasteiger partial charge in [0.25, 0.3) is 0 Å². The van der Waals surface area contributed by atoms with E-state index in [1.54, 1.807) is 0 Å². The van der Waals surface area contributed by atoms with E-state index in [0.29, 0.717) is 0 Å². The van der Waals surface area contributed by atoms with Crippen LogP contribution in [0.1, 0.15) is 12.0 Å². The fourth-order valence-electron chi connectivity index (χ4n) is 1.31. The molecule has 1 aliphatic rings. The molecule has 0 atom stereocenters. The number of hydrogen-bond donors (Lipinski definition) is 0. The van der Waals surface area contributed by atoms with Gasteiger partial charge in [-0.05, 0) is 0 Å². The number of benzene rings is 1. The zero-order valence-corrected chi connectivity index (χ0v) is 12.7. The number of halogens is 2. The first kappa shape index (κ1) is 16.1. The Balaban J connectivity index is 0.00000112. The second-order valence-electron chi connectivity index (χ2n) is 3.20. The van der Waals surface area contributed by atoms with Crippen molar-refractivity contribution in [2.45, 2.75) is 13.0 Å². The summed E-state index contributed by atoms with van der Waals surface area (Å²) in [5, 5.41) is 0. The molecule has 1 aromatic rings. The van der Waals surface area contributed by atoms with Crippen molar-refractivity contribution in [3.63, 3.8) is 0 Å². The van der Waals surface area contributed by atoms with Crippen LogP contribution in [0.3, 0.4) is 0 Å². The molecule has 0 radical (unpaired) electrons. The van der Waals surface area contributed by atoms with E-state index in [1.165, 1.54) is 8.84 Å². The van der Waals surface area contributed by atoms with Crippen molar-refractivity contribution in [2.24, 2.45) is 0 Å². The van der Waals surface area contributed by atoms with E-state index in [1.807, 2.05) is 6.07 Å². The summed E-state index contributed by atoms with van der Waals surface area (Å²) in [6, 6.07) is 10.4. The second kappa shape index (κ2) is 9.18. The van der Waals surface area contributed by atoms with Gasteiger partial charge in [-0.25, -0.2) is 0 Å². The van der Waals surface area contributed by atoms with Gasteiger partial charge in [0.15, 0.2) is 0 Å². The van der Waals surface area contributed by atoms with Crippen molar-refractivity contribution >= 4 is 0 Å². The zero-order chi connectivity index (χ0) is 9.64. The van der Waals surface area contributed by atoms with Gasteiger partial charge in [-0.15, -0.1) is 0 Å². The fourth-order valence-corrected chi connectivity index (χ4v) is 3.25. The Kier molecular flexibility index (Phi) is 9.25. The second-order valence-corrected chi connectivity index (χ2v) is 5.99. The molecule has 0 bridgehead atoms. The molecule has 0 fully saturated rings. The smallest absolute Gasteiger partial charge is 1.00 e. The van der Waals surface area contributed by atoms with Crippen molar-refractivity contribution in [2.75, 3.05) is 0 Å². The molecule has 0 saturated heterocycles. The Bertz CT molecular complexity index is 349. The number of allylic oxidation sites excluding steroid dienone is 4. The minimum atomic E-state index is -0.728. The molecule has 0 N–H and O–H groups in total. The molecule has 0 amide bonds. The molecule has 16 heavy (non-hydrogen) atoms. The van der Waals surface area contributed by atoms with Crippen molar-refractivity contribution in [3.8, 4) is 0 Å². The van der Waals surface area contributed by atoms with Gasteiger partial charge in [0.05, 0.1) is 0 Å². The van der Waals surface area contributed by atoms with Crippen LogP contribution < -0.4 is 24.8 Å². The summed E-state index contributed by atoms with van der Waals surface area (Å²) in [5.74, 6) is 0. The van der Waals surface area contributed by atoms with Gasteiger partial charge in [0, 0.05) is 0 Å². The summed E-state index contributed by atoms with van der Waals surface area (Å²) < 4.78 is 7.30. The summed E-state index contributed by atoms with van der Waals surface area (Å²) >= 11 is -0.728. The molecule has 0 aliphatic heterocycles. The minimum Gasteiger partial charge on any atom is -1.00 e.